The normalized spacial score (nSPS) is 27.1. The molecule has 4 nitrogen and oxygen atoms in total. The molecule has 0 bridgehead atoms. The van der Waals surface area contributed by atoms with Crippen molar-refractivity contribution in [2.75, 3.05) is 0 Å². The molecule has 2 N–H and O–H groups in total. The molecule has 4 heteroatoms. The lowest BCUT2D eigenvalue weighted by Gasteiger charge is -2.35. The average Bonchev–Trinajstić information content (AvgIpc) is 2.83. The fraction of sp³-hybridized carbons (Fsp3) is 0.625. The molecular weight excluding hydrogens is 248 g/mol. The molecule has 0 aromatic carbocycles. The highest BCUT2D eigenvalue weighted by atomic mass is 15.2. The first-order valence-electron chi connectivity index (χ1n) is 7.74. The van der Waals surface area contributed by atoms with E-state index in [0.29, 0.717) is 0 Å². The van der Waals surface area contributed by atoms with Gasteiger partial charge in [0.05, 0.1) is 5.54 Å². The minimum absolute atomic E-state index is 0.275. The first-order valence-corrected chi connectivity index (χ1v) is 7.74. The maximum absolute atomic E-state index is 6.73. The van der Waals surface area contributed by atoms with E-state index < -0.39 is 0 Å². The Balaban J connectivity index is 2.08. The van der Waals surface area contributed by atoms with Gasteiger partial charge in [-0.25, -0.2) is 9.97 Å². The van der Waals surface area contributed by atoms with Crippen LogP contribution in [0.4, 0.5) is 0 Å². The van der Waals surface area contributed by atoms with Gasteiger partial charge >= 0.3 is 0 Å². The molecule has 108 valence electrons. The van der Waals surface area contributed by atoms with Crippen LogP contribution in [0, 0.1) is 5.92 Å². The third-order valence-corrected chi connectivity index (χ3v) is 4.56. The molecule has 0 unspecified atom stereocenters. The second-order valence-corrected chi connectivity index (χ2v) is 6.27. The molecule has 0 radical (unpaired) electrons. The van der Waals surface area contributed by atoms with Crippen LogP contribution < -0.4 is 5.73 Å². The van der Waals surface area contributed by atoms with Crippen molar-refractivity contribution in [3.63, 3.8) is 0 Å². The van der Waals surface area contributed by atoms with E-state index >= 15 is 0 Å². The summed E-state index contributed by atoms with van der Waals surface area (Å²) in [5.41, 5.74) is 8.40. The summed E-state index contributed by atoms with van der Waals surface area (Å²) >= 11 is 0. The number of rotatable bonds is 3. The van der Waals surface area contributed by atoms with Crippen LogP contribution in [0.5, 0.6) is 0 Å². The minimum Gasteiger partial charge on any atom is -0.319 e. The van der Waals surface area contributed by atoms with Gasteiger partial charge in [0.25, 0.3) is 0 Å². The van der Waals surface area contributed by atoms with Gasteiger partial charge in [-0.05, 0) is 50.2 Å². The summed E-state index contributed by atoms with van der Waals surface area (Å²) in [4.78, 5) is 9.33. The largest absolute Gasteiger partial charge is 0.319 e. The molecule has 20 heavy (non-hydrogen) atoms. The highest BCUT2D eigenvalue weighted by Crippen LogP contribution is 2.37. The lowest BCUT2D eigenvalue weighted by molar-refractivity contribution is 0.231. The predicted molar refractivity (Wildman–Crippen MR) is 81.3 cm³/mol. The van der Waals surface area contributed by atoms with E-state index in [-0.39, 0.29) is 5.54 Å². The zero-order valence-electron chi connectivity index (χ0n) is 12.5. The van der Waals surface area contributed by atoms with Crippen molar-refractivity contribution in [3.05, 3.63) is 24.2 Å². The summed E-state index contributed by atoms with van der Waals surface area (Å²) in [5, 5.41) is 0. The second kappa shape index (κ2) is 5.17. The van der Waals surface area contributed by atoms with Crippen molar-refractivity contribution < 1.29 is 0 Å². The van der Waals surface area contributed by atoms with E-state index in [4.69, 9.17) is 10.7 Å². The highest BCUT2D eigenvalue weighted by Gasteiger charge is 2.36. The summed E-state index contributed by atoms with van der Waals surface area (Å²) in [7, 11) is 0. The van der Waals surface area contributed by atoms with Gasteiger partial charge < -0.3 is 10.3 Å². The number of hydrogen-bond donors (Lipinski definition) is 1. The quantitative estimate of drug-likeness (QED) is 0.933. The van der Waals surface area contributed by atoms with E-state index in [9.17, 15) is 0 Å². The number of aryl methyl sites for hydroxylation is 1. The van der Waals surface area contributed by atoms with E-state index in [1.54, 1.807) is 0 Å². The second-order valence-electron chi connectivity index (χ2n) is 6.27. The Hall–Kier alpha value is -1.42. The maximum Gasteiger partial charge on any atom is 0.160 e. The summed E-state index contributed by atoms with van der Waals surface area (Å²) in [6.07, 6.45) is 7.36. The van der Waals surface area contributed by atoms with E-state index in [1.807, 2.05) is 18.3 Å². The SMILES string of the molecule is CCCn1c(C2(N)CCC(C)CC2)nc2cccnc21. The molecule has 2 heterocycles. The number of nitrogens with two attached hydrogens (primary N) is 1. The van der Waals surface area contributed by atoms with Gasteiger partial charge in [-0.2, -0.15) is 0 Å². The third kappa shape index (κ3) is 2.22. The first kappa shape index (κ1) is 13.6. The summed E-state index contributed by atoms with van der Waals surface area (Å²) < 4.78 is 2.24. The Morgan fingerprint density at radius 1 is 1.40 bits per heavy atom. The topological polar surface area (TPSA) is 56.7 Å². The molecule has 0 spiro atoms. The van der Waals surface area contributed by atoms with Crippen LogP contribution >= 0.6 is 0 Å². The molecule has 0 aliphatic heterocycles. The lowest BCUT2D eigenvalue weighted by atomic mass is 9.77. The summed E-state index contributed by atoms with van der Waals surface area (Å²) in [5.74, 6) is 1.83. The third-order valence-electron chi connectivity index (χ3n) is 4.56. The van der Waals surface area contributed by atoms with Gasteiger partial charge in [0, 0.05) is 12.7 Å². The number of aromatic nitrogens is 3. The number of pyridine rings is 1. The average molecular weight is 272 g/mol. The zero-order valence-corrected chi connectivity index (χ0v) is 12.5. The van der Waals surface area contributed by atoms with Gasteiger partial charge in [-0.3, -0.25) is 0 Å². The Labute approximate surface area is 120 Å². The molecule has 1 aliphatic carbocycles. The van der Waals surface area contributed by atoms with Gasteiger partial charge in [-0.15, -0.1) is 0 Å². The standard InChI is InChI=1S/C16H24N4/c1-3-11-20-14-13(5-4-10-18-14)19-15(20)16(17)8-6-12(2)7-9-16/h4-5,10,12H,3,6-9,11,17H2,1-2H3. The van der Waals surface area contributed by atoms with Crippen molar-refractivity contribution in [1.82, 2.24) is 14.5 Å². The zero-order chi connectivity index (χ0) is 14.2. The Bertz CT molecular complexity index is 594. The van der Waals surface area contributed by atoms with E-state index in [0.717, 1.165) is 48.7 Å². The van der Waals surface area contributed by atoms with Crippen LogP contribution in [0.15, 0.2) is 18.3 Å². The van der Waals surface area contributed by atoms with E-state index in [1.165, 1.54) is 12.8 Å². The first-order chi connectivity index (χ1) is 9.64. The highest BCUT2D eigenvalue weighted by molar-refractivity contribution is 5.71. The van der Waals surface area contributed by atoms with Gasteiger partial charge in [0.1, 0.15) is 11.3 Å². The molecule has 0 saturated heterocycles. The monoisotopic (exact) mass is 272 g/mol. The van der Waals surface area contributed by atoms with Crippen molar-refractivity contribution in [3.8, 4) is 0 Å². The Kier molecular flexibility index (Phi) is 3.50. The van der Waals surface area contributed by atoms with Crippen LogP contribution in [-0.4, -0.2) is 14.5 Å². The Morgan fingerprint density at radius 3 is 2.85 bits per heavy atom. The van der Waals surface area contributed by atoms with Crippen LogP contribution in [0.25, 0.3) is 11.2 Å². The smallest absolute Gasteiger partial charge is 0.160 e. The lowest BCUT2D eigenvalue weighted by Crippen LogP contribution is -2.42. The molecule has 2 aromatic rings. The minimum atomic E-state index is -0.275. The summed E-state index contributed by atoms with van der Waals surface area (Å²) in [6.45, 7) is 5.44. The molecule has 0 amide bonds. The molecule has 1 fully saturated rings. The van der Waals surface area contributed by atoms with Crippen molar-refractivity contribution in [2.45, 2.75) is 58.0 Å². The fourth-order valence-electron chi connectivity index (χ4n) is 3.27. The molecule has 1 aliphatic rings. The predicted octanol–water partition coefficient (Wildman–Crippen LogP) is 3.21. The van der Waals surface area contributed by atoms with E-state index in [2.05, 4.69) is 23.4 Å². The van der Waals surface area contributed by atoms with Gasteiger partial charge in [-0.1, -0.05) is 13.8 Å². The molecule has 1 saturated carbocycles. The molecular formula is C16H24N4. The molecule has 2 aromatic heterocycles. The Morgan fingerprint density at radius 2 is 2.15 bits per heavy atom. The number of imidazole rings is 1. The number of hydrogen-bond acceptors (Lipinski definition) is 3. The summed E-state index contributed by atoms with van der Waals surface area (Å²) in [6, 6.07) is 3.98. The molecule has 3 rings (SSSR count). The number of nitrogens with zero attached hydrogens (tertiary/aromatic N) is 3. The molecule has 0 atom stereocenters. The van der Waals surface area contributed by atoms with Crippen molar-refractivity contribution in [2.24, 2.45) is 11.7 Å². The maximum atomic E-state index is 6.73. The van der Waals surface area contributed by atoms with Gasteiger partial charge in [0.2, 0.25) is 0 Å². The van der Waals surface area contributed by atoms with Gasteiger partial charge in [0.15, 0.2) is 5.65 Å². The fourth-order valence-corrected chi connectivity index (χ4v) is 3.27. The van der Waals surface area contributed by atoms with Crippen LogP contribution in [0.3, 0.4) is 0 Å². The van der Waals surface area contributed by atoms with Crippen LogP contribution in [0.2, 0.25) is 0 Å². The van der Waals surface area contributed by atoms with Crippen LogP contribution in [-0.2, 0) is 12.1 Å². The number of fused-ring (bicyclic) bond motifs is 1. The van der Waals surface area contributed by atoms with Crippen molar-refractivity contribution in [1.29, 1.82) is 0 Å². The van der Waals surface area contributed by atoms with Crippen LogP contribution in [0.1, 0.15) is 51.8 Å². The van der Waals surface area contributed by atoms with Crippen molar-refractivity contribution >= 4 is 11.2 Å².